The summed E-state index contributed by atoms with van der Waals surface area (Å²) in [7, 11) is 1.69. The highest BCUT2D eigenvalue weighted by molar-refractivity contribution is 7.81. The van der Waals surface area contributed by atoms with E-state index in [1.807, 2.05) is 24.3 Å². The summed E-state index contributed by atoms with van der Waals surface area (Å²) in [5.41, 5.74) is 2.16. The van der Waals surface area contributed by atoms with Crippen molar-refractivity contribution < 1.29 is 9.53 Å². The summed E-state index contributed by atoms with van der Waals surface area (Å²) in [6, 6.07) is 7.92. The van der Waals surface area contributed by atoms with Crippen LogP contribution in [0.15, 0.2) is 24.3 Å². The lowest BCUT2D eigenvalue weighted by molar-refractivity contribution is -0.106. The Bertz CT molecular complexity index is 249. The van der Waals surface area contributed by atoms with Crippen LogP contribution in [0.25, 0.3) is 0 Å². The molecule has 3 nitrogen and oxygen atoms in total. The van der Waals surface area contributed by atoms with Gasteiger partial charge in [0.1, 0.15) is 6.29 Å². The number of hydrogen-bond donors (Lipinski definition) is 2. The predicted octanol–water partition coefficient (Wildman–Crippen LogP) is 2.29. The van der Waals surface area contributed by atoms with Gasteiger partial charge in [0.05, 0.1) is 6.61 Å². The molecule has 1 aromatic rings. The lowest BCUT2D eigenvalue weighted by atomic mass is 10.2. The van der Waals surface area contributed by atoms with Crippen LogP contribution in [0.1, 0.15) is 12.5 Å². The molecule has 1 N–H and O–H groups in total. The molecule has 0 radical (unpaired) electrons. The average molecular weight is 213 g/mol. The third-order valence-electron chi connectivity index (χ3n) is 1.39. The molecule has 0 fully saturated rings. The second kappa shape index (κ2) is 8.59. The van der Waals surface area contributed by atoms with Gasteiger partial charge in [0.25, 0.3) is 0 Å². The van der Waals surface area contributed by atoms with Crippen LogP contribution in [0.2, 0.25) is 0 Å². The summed E-state index contributed by atoms with van der Waals surface area (Å²) in [6.07, 6.45) is 0.750. The molecular weight excluding hydrogens is 198 g/mol. The van der Waals surface area contributed by atoms with E-state index in [1.165, 1.54) is 12.5 Å². The fraction of sp³-hybridized carbons (Fsp3) is 0.300. The number of carbonyl (C=O) groups is 1. The number of ether oxygens (including phenoxy) is 1. The molecule has 0 aliphatic rings. The van der Waals surface area contributed by atoms with Crippen molar-refractivity contribution in [3.63, 3.8) is 0 Å². The first-order chi connectivity index (χ1) is 6.78. The summed E-state index contributed by atoms with van der Waals surface area (Å²) in [5.74, 6) is 0. The Morgan fingerprint density at radius 3 is 2.29 bits per heavy atom. The first-order valence-electron chi connectivity index (χ1n) is 4.16. The number of aldehydes is 1. The van der Waals surface area contributed by atoms with E-state index in [-0.39, 0.29) is 0 Å². The molecule has 0 aliphatic carbocycles. The Morgan fingerprint density at radius 1 is 1.43 bits per heavy atom. The number of nitrogens with one attached hydrogen (secondary N) is 1. The van der Waals surface area contributed by atoms with E-state index in [4.69, 9.17) is 9.53 Å². The molecule has 0 aliphatic heterocycles. The van der Waals surface area contributed by atoms with E-state index in [1.54, 1.807) is 7.11 Å². The molecule has 78 valence electrons. The Hall–Kier alpha value is -1.00. The second-order valence-corrected chi connectivity index (χ2v) is 2.70. The summed E-state index contributed by atoms with van der Waals surface area (Å²) in [6.45, 7) is 2.10. The molecule has 0 spiro atoms. The normalized spacial score (nSPS) is 8.50. The van der Waals surface area contributed by atoms with Crippen molar-refractivity contribution in [2.24, 2.45) is 0 Å². The van der Waals surface area contributed by atoms with Gasteiger partial charge in [0.2, 0.25) is 0 Å². The number of hydrogen-bond acceptors (Lipinski definition) is 4. The van der Waals surface area contributed by atoms with Crippen LogP contribution in [0.5, 0.6) is 0 Å². The van der Waals surface area contributed by atoms with E-state index < -0.39 is 0 Å². The molecular formula is C10H15NO2S. The van der Waals surface area contributed by atoms with Gasteiger partial charge in [0.15, 0.2) is 0 Å². The highest BCUT2D eigenvalue weighted by Crippen LogP contribution is 2.10. The zero-order chi connectivity index (χ0) is 10.8. The third kappa shape index (κ3) is 5.61. The summed E-state index contributed by atoms with van der Waals surface area (Å²) >= 11 is 3.92. The van der Waals surface area contributed by atoms with Crippen LogP contribution in [0, 0.1) is 0 Å². The molecule has 0 heterocycles. The topological polar surface area (TPSA) is 38.3 Å². The maximum atomic E-state index is 8.81. The van der Waals surface area contributed by atoms with Gasteiger partial charge in [-0.05, 0) is 24.6 Å². The van der Waals surface area contributed by atoms with Gasteiger partial charge in [-0.3, -0.25) is 0 Å². The van der Waals surface area contributed by atoms with Crippen molar-refractivity contribution in [3.8, 4) is 0 Å². The van der Waals surface area contributed by atoms with Gasteiger partial charge in [-0.15, -0.1) is 0 Å². The Kier molecular flexibility index (Phi) is 7.98. The van der Waals surface area contributed by atoms with Crippen molar-refractivity contribution in [2.45, 2.75) is 13.5 Å². The summed E-state index contributed by atoms with van der Waals surface area (Å²) in [4.78, 5) is 8.81. The maximum Gasteiger partial charge on any atom is 0.116 e. The van der Waals surface area contributed by atoms with E-state index in [2.05, 4.69) is 17.5 Å². The molecule has 1 aromatic carbocycles. The largest absolute Gasteiger partial charge is 0.380 e. The number of rotatable bonds is 3. The molecule has 0 amide bonds. The first kappa shape index (κ1) is 13.0. The van der Waals surface area contributed by atoms with E-state index >= 15 is 0 Å². The minimum atomic E-state index is 0.660. The zero-order valence-corrected chi connectivity index (χ0v) is 9.25. The minimum Gasteiger partial charge on any atom is -0.380 e. The number of thiol groups is 1. The van der Waals surface area contributed by atoms with E-state index in [9.17, 15) is 0 Å². The highest BCUT2D eigenvalue weighted by Gasteiger charge is 1.90. The van der Waals surface area contributed by atoms with Crippen molar-refractivity contribution in [2.75, 3.05) is 11.8 Å². The number of methoxy groups -OCH3 is 1. The molecule has 14 heavy (non-hydrogen) atoms. The van der Waals surface area contributed by atoms with Crippen molar-refractivity contribution in [3.05, 3.63) is 29.8 Å². The molecule has 0 unspecified atom stereocenters. The van der Waals surface area contributed by atoms with Crippen LogP contribution in [0.4, 0.5) is 5.69 Å². The Morgan fingerprint density at radius 2 is 1.93 bits per heavy atom. The Balaban J connectivity index is 0.000000500. The van der Waals surface area contributed by atoms with Gasteiger partial charge in [-0.1, -0.05) is 24.9 Å². The number of anilines is 1. The predicted molar refractivity (Wildman–Crippen MR) is 61.5 cm³/mol. The van der Waals surface area contributed by atoms with Gasteiger partial charge in [-0.2, -0.15) is 0 Å². The molecule has 0 atom stereocenters. The van der Waals surface area contributed by atoms with Gasteiger partial charge >= 0.3 is 0 Å². The first-order valence-corrected chi connectivity index (χ1v) is 4.61. The SMILES string of the molecule is CC=O.COCc1ccc(NS)cc1. The second-order valence-electron chi connectivity index (χ2n) is 2.48. The van der Waals surface area contributed by atoms with Crippen LogP contribution >= 0.6 is 12.8 Å². The highest BCUT2D eigenvalue weighted by atomic mass is 32.1. The fourth-order valence-electron chi connectivity index (χ4n) is 0.842. The monoisotopic (exact) mass is 213 g/mol. The van der Waals surface area contributed by atoms with Crippen molar-refractivity contribution in [1.29, 1.82) is 0 Å². The van der Waals surface area contributed by atoms with E-state index in [0.717, 1.165) is 12.0 Å². The lowest BCUT2D eigenvalue weighted by Crippen LogP contribution is -1.87. The van der Waals surface area contributed by atoms with Gasteiger partial charge < -0.3 is 14.3 Å². The van der Waals surface area contributed by atoms with Crippen LogP contribution in [-0.4, -0.2) is 13.4 Å². The molecule has 0 saturated carbocycles. The van der Waals surface area contributed by atoms with Gasteiger partial charge in [0, 0.05) is 12.8 Å². The summed E-state index contributed by atoms with van der Waals surface area (Å²) < 4.78 is 7.71. The summed E-state index contributed by atoms with van der Waals surface area (Å²) in [5, 5.41) is 0. The lowest BCUT2D eigenvalue weighted by Gasteiger charge is -2.00. The van der Waals surface area contributed by atoms with E-state index in [0.29, 0.717) is 6.61 Å². The molecule has 0 saturated heterocycles. The smallest absolute Gasteiger partial charge is 0.116 e. The van der Waals surface area contributed by atoms with Crippen molar-refractivity contribution >= 4 is 24.8 Å². The average Bonchev–Trinajstić information content (AvgIpc) is 2.21. The standard InChI is InChI=1S/C8H11NOS.C2H4O/c1-10-6-7-2-4-8(9-11)5-3-7;1-2-3/h2-5,9,11H,6H2,1H3;2H,1H3. The van der Waals surface area contributed by atoms with Gasteiger partial charge in [-0.25, -0.2) is 0 Å². The molecule has 0 aromatic heterocycles. The fourth-order valence-corrected chi connectivity index (χ4v) is 0.991. The third-order valence-corrected chi connectivity index (χ3v) is 1.65. The van der Waals surface area contributed by atoms with Crippen LogP contribution in [-0.2, 0) is 16.1 Å². The zero-order valence-electron chi connectivity index (χ0n) is 8.36. The van der Waals surface area contributed by atoms with Crippen LogP contribution < -0.4 is 4.72 Å². The molecule has 1 rings (SSSR count). The maximum absolute atomic E-state index is 8.81. The number of benzene rings is 1. The van der Waals surface area contributed by atoms with Crippen molar-refractivity contribution in [1.82, 2.24) is 0 Å². The minimum absolute atomic E-state index is 0.660. The molecule has 4 heteroatoms. The quantitative estimate of drug-likeness (QED) is 0.597. The van der Waals surface area contributed by atoms with Crippen LogP contribution in [0.3, 0.4) is 0 Å². The number of carbonyl (C=O) groups excluding carboxylic acids is 1. The molecule has 0 bridgehead atoms. The Labute approximate surface area is 90.0 Å².